The van der Waals surface area contributed by atoms with Crippen molar-refractivity contribution in [2.24, 2.45) is 0 Å². The third-order valence-electron chi connectivity index (χ3n) is 6.84. The number of aromatic nitrogens is 3. The van der Waals surface area contributed by atoms with E-state index in [1.807, 2.05) is 6.20 Å². The molecule has 0 unspecified atom stereocenters. The molecule has 0 saturated heterocycles. The van der Waals surface area contributed by atoms with Crippen molar-refractivity contribution in [2.75, 3.05) is 10.0 Å². The largest absolute Gasteiger partial charge is 0.351 e. The number of fused-ring (bicyclic) bond motifs is 1. The number of rotatable bonds is 7. The molecule has 5 rings (SSSR count). The molecule has 0 atom stereocenters. The van der Waals surface area contributed by atoms with Crippen molar-refractivity contribution in [3.05, 3.63) is 71.5 Å². The highest BCUT2D eigenvalue weighted by Gasteiger charge is 2.16. The number of hydrogen-bond donors (Lipinski definition) is 2. The minimum absolute atomic E-state index is 0.496. The highest BCUT2D eigenvalue weighted by atomic mass is 32.2. The second-order valence-electron chi connectivity index (χ2n) is 9.40. The van der Waals surface area contributed by atoms with E-state index < -0.39 is 0 Å². The molecule has 1 saturated carbocycles. The predicted octanol–water partition coefficient (Wildman–Crippen LogP) is 7.73. The van der Waals surface area contributed by atoms with Gasteiger partial charge in [-0.15, -0.1) is 0 Å². The monoisotopic (exact) mass is 483 g/mol. The number of nitrogens with one attached hydrogen (secondary N) is 2. The quantitative estimate of drug-likeness (QED) is 0.262. The van der Waals surface area contributed by atoms with Gasteiger partial charge in [-0.05, 0) is 92.1 Å². The lowest BCUT2D eigenvalue weighted by molar-refractivity contribution is 0.461. The lowest BCUT2D eigenvalue weighted by atomic mass is 9.96. The maximum atomic E-state index is 4.92. The number of anilines is 2. The summed E-state index contributed by atoms with van der Waals surface area (Å²) in [5.74, 6) is 1.61. The summed E-state index contributed by atoms with van der Waals surface area (Å²) in [5.41, 5.74) is 6.83. The van der Waals surface area contributed by atoms with E-state index in [-0.39, 0.29) is 0 Å². The molecule has 5 nitrogen and oxygen atoms in total. The fraction of sp³-hybridized carbons (Fsp3) is 0.345. The van der Waals surface area contributed by atoms with Crippen LogP contribution < -0.4 is 10.0 Å². The van der Waals surface area contributed by atoms with Crippen LogP contribution in [0.15, 0.2) is 59.6 Å². The Balaban J connectivity index is 1.38. The molecular formula is C29H33N5S. The first-order valence-corrected chi connectivity index (χ1v) is 13.4. The second-order valence-corrected chi connectivity index (χ2v) is 10.2. The third-order valence-corrected chi connectivity index (χ3v) is 7.83. The molecule has 0 radical (unpaired) electrons. The van der Waals surface area contributed by atoms with Crippen LogP contribution in [0.25, 0.3) is 22.0 Å². The average Bonchev–Trinajstić information content (AvgIpc) is 2.88. The fourth-order valence-electron chi connectivity index (χ4n) is 4.84. The molecular weight excluding hydrogens is 450 g/mol. The fourth-order valence-corrected chi connectivity index (χ4v) is 5.55. The van der Waals surface area contributed by atoms with Crippen molar-refractivity contribution >= 4 is 34.6 Å². The molecule has 1 aliphatic carbocycles. The number of nitrogens with zero attached hydrogens (tertiary/aromatic N) is 3. The van der Waals surface area contributed by atoms with E-state index in [1.54, 1.807) is 11.9 Å². The second kappa shape index (κ2) is 10.6. The Morgan fingerprint density at radius 2 is 1.80 bits per heavy atom. The number of benzene rings is 2. The molecule has 6 heteroatoms. The van der Waals surface area contributed by atoms with E-state index in [4.69, 9.17) is 9.97 Å². The average molecular weight is 484 g/mol. The molecule has 180 valence electrons. The molecule has 2 aromatic heterocycles. The van der Waals surface area contributed by atoms with E-state index in [0.717, 1.165) is 45.9 Å². The van der Waals surface area contributed by atoms with Gasteiger partial charge in [0, 0.05) is 33.8 Å². The van der Waals surface area contributed by atoms with Gasteiger partial charge in [0.2, 0.25) is 5.95 Å². The SMILES string of the molecule is CCc1cc(-c2ccc(NSc3ccccc3C)nc2C)cc2cnc(NC3CCCCC3)nc12. The van der Waals surface area contributed by atoms with Crippen molar-refractivity contribution in [3.8, 4) is 11.1 Å². The lowest BCUT2D eigenvalue weighted by Crippen LogP contribution is -2.23. The summed E-state index contributed by atoms with van der Waals surface area (Å²) in [7, 11) is 0. The Hall–Kier alpha value is -3.12. The van der Waals surface area contributed by atoms with Gasteiger partial charge in [0.25, 0.3) is 0 Å². The van der Waals surface area contributed by atoms with Crippen molar-refractivity contribution < 1.29 is 0 Å². The molecule has 0 spiro atoms. The summed E-state index contributed by atoms with van der Waals surface area (Å²) >= 11 is 1.60. The van der Waals surface area contributed by atoms with Crippen molar-refractivity contribution in [2.45, 2.75) is 70.2 Å². The molecule has 2 heterocycles. The van der Waals surface area contributed by atoms with Crippen LogP contribution in [0.1, 0.15) is 55.8 Å². The predicted molar refractivity (Wildman–Crippen MR) is 148 cm³/mol. The molecule has 4 aromatic rings. The maximum absolute atomic E-state index is 4.92. The van der Waals surface area contributed by atoms with Crippen LogP contribution in [0.3, 0.4) is 0 Å². The third kappa shape index (κ3) is 5.43. The van der Waals surface area contributed by atoms with Gasteiger partial charge in [0.1, 0.15) is 5.82 Å². The van der Waals surface area contributed by atoms with Gasteiger partial charge in [-0.25, -0.2) is 15.0 Å². The molecule has 1 fully saturated rings. The van der Waals surface area contributed by atoms with Crippen LogP contribution in [0.4, 0.5) is 11.8 Å². The lowest BCUT2D eigenvalue weighted by Gasteiger charge is -2.22. The zero-order valence-corrected chi connectivity index (χ0v) is 21.6. The summed E-state index contributed by atoms with van der Waals surface area (Å²) in [6, 6.07) is 17.5. The highest BCUT2D eigenvalue weighted by Crippen LogP contribution is 2.31. The van der Waals surface area contributed by atoms with Crippen molar-refractivity contribution in [1.29, 1.82) is 0 Å². The Kier molecular flexibility index (Phi) is 7.19. The Morgan fingerprint density at radius 3 is 2.57 bits per heavy atom. The van der Waals surface area contributed by atoms with Crippen LogP contribution in [-0.2, 0) is 6.42 Å². The molecule has 35 heavy (non-hydrogen) atoms. The van der Waals surface area contributed by atoms with Crippen LogP contribution in [0.2, 0.25) is 0 Å². The van der Waals surface area contributed by atoms with E-state index in [1.165, 1.54) is 48.1 Å². The topological polar surface area (TPSA) is 62.7 Å². The molecule has 0 amide bonds. The van der Waals surface area contributed by atoms with Gasteiger partial charge in [-0.1, -0.05) is 44.4 Å². The van der Waals surface area contributed by atoms with Crippen LogP contribution in [0, 0.1) is 13.8 Å². The maximum Gasteiger partial charge on any atom is 0.223 e. The summed E-state index contributed by atoms with van der Waals surface area (Å²) in [6.45, 7) is 6.38. The van der Waals surface area contributed by atoms with E-state index >= 15 is 0 Å². The van der Waals surface area contributed by atoms with Crippen LogP contribution >= 0.6 is 11.9 Å². The normalized spacial score (nSPS) is 14.3. The first-order valence-electron chi connectivity index (χ1n) is 12.6. The first-order chi connectivity index (χ1) is 17.1. The van der Waals surface area contributed by atoms with Gasteiger partial charge in [-0.3, -0.25) is 0 Å². The summed E-state index contributed by atoms with van der Waals surface area (Å²) in [5, 5.41) is 4.65. The highest BCUT2D eigenvalue weighted by molar-refractivity contribution is 8.00. The first kappa shape index (κ1) is 23.6. The van der Waals surface area contributed by atoms with Crippen LogP contribution in [0.5, 0.6) is 0 Å². The van der Waals surface area contributed by atoms with Gasteiger partial charge < -0.3 is 10.0 Å². The minimum atomic E-state index is 0.496. The van der Waals surface area contributed by atoms with E-state index in [2.05, 4.69) is 84.3 Å². The van der Waals surface area contributed by atoms with Gasteiger partial charge in [0.05, 0.1) is 5.52 Å². The Bertz CT molecular complexity index is 1330. The van der Waals surface area contributed by atoms with E-state index in [0.29, 0.717) is 6.04 Å². The van der Waals surface area contributed by atoms with Gasteiger partial charge in [-0.2, -0.15) is 0 Å². The molecule has 0 bridgehead atoms. The van der Waals surface area contributed by atoms with Crippen LogP contribution in [-0.4, -0.2) is 21.0 Å². The zero-order chi connectivity index (χ0) is 24.2. The molecule has 2 N–H and O–H groups in total. The molecule has 1 aliphatic rings. The minimum Gasteiger partial charge on any atom is -0.351 e. The standard InChI is InChI=1S/C29H33N5S/c1-4-21-16-22(17-23-18-30-29(33-28(21)23)32-24-11-6-5-7-12-24)25-14-15-27(31-20(25)3)34-35-26-13-9-8-10-19(26)2/h8-10,13-18,24H,4-7,11-12H2,1-3H3,(H,31,34)(H,30,32,33). The zero-order valence-electron chi connectivity index (χ0n) is 20.8. The number of hydrogen-bond acceptors (Lipinski definition) is 6. The Labute approximate surface area is 212 Å². The summed E-state index contributed by atoms with van der Waals surface area (Å²) < 4.78 is 3.39. The Morgan fingerprint density at radius 1 is 0.971 bits per heavy atom. The number of pyridine rings is 1. The van der Waals surface area contributed by atoms with Crippen molar-refractivity contribution in [3.63, 3.8) is 0 Å². The number of aryl methyl sites for hydroxylation is 3. The molecule has 0 aliphatic heterocycles. The van der Waals surface area contributed by atoms with Gasteiger partial charge >= 0.3 is 0 Å². The summed E-state index contributed by atoms with van der Waals surface area (Å²) in [4.78, 5) is 15.6. The smallest absolute Gasteiger partial charge is 0.223 e. The van der Waals surface area contributed by atoms with Crippen molar-refractivity contribution in [1.82, 2.24) is 15.0 Å². The summed E-state index contributed by atoms with van der Waals surface area (Å²) in [6.07, 6.45) is 9.23. The van der Waals surface area contributed by atoms with E-state index in [9.17, 15) is 0 Å². The van der Waals surface area contributed by atoms with Gasteiger partial charge in [0.15, 0.2) is 0 Å². The molecule has 2 aromatic carbocycles.